The maximum absolute atomic E-state index is 12.6. The summed E-state index contributed by atoms with van der Waals surface area (Å²) in [6.07, 6.45) is 6.62. The number of aromatic amines is 1. The van der Waals surface area contributed by atoms with Gasteiger partial charge in [0, 0.05) is 23.5 Å². The van der Waals surface area contributed by atoms with Crippen molar-refractivity contribution < 1.29 is 9.59 Å². The highest BCUT2D eigenvalue weighted by Gasteiger charge is 2.37. The Balaban J connectivity index is 1.43. The van der Waals surface area contributed by atoms with E-state index < -0.39 is 0 Å². The minimum absolute atomic E-state index is 0.0892. The molecule has 1 atom stereocenters. The second kappa shape index (κ2) is 6.30. The van der Waals surface area contributed by atoms with Crippen molar-refractivity contribution in [2.75, 3.05) is 6.54 Å². The van der Waals surface area contributed by atoms with Crippen LogP contribution in [-0.4, -0.2) is 40.3 Å². The molecule has 1 aliphatic carbocycles. The molecule has 0 unspecified atom stereocenters. The van der Waals surface area contributed by atoms with Gasteiger partial charge in [0.05, 0.1) is 0 Å². The maximum Gasteiger partial charge on any atom is 0.268 e. The van der Waals surface area contributed by atoms with Crippen LogP contribution >= 0.6 is 0 Å². The first-order chi connectivity index (χ1) is 11.7. The predicted octanol–water partition coefficient (Wildman–Crippen LogP) is 2.83. The summed E-state index contributed by atoms with van der Waals surface area (Å²) in [4.78, 5) is 30.2. The van der Waals surface area contributed by atoms with E-state index in [1.807, 2.05) is 35.2 Å². The van der Waals surface area contributed by atoms with Crippen molar-refractivity contribution in [3.8, 4) is 0 Å². The van der Waals surface area contributed by atoms with Crippen molar-refractivity contribution in [3.63, 3.8) is 0 Å². The number of nitrogens with one attached hydrogen (secondary N) is 2. The van der Waals surface area contributed by atoms with Gasteiger partial charge in [-0.25, -0.2) is 0 Å². The molecule has 2 amide bonds. The molecule has 0 bridgehead atoms. The highest BCUT2D eigenvalue weighted by atomic mass is 16.2. The molecule has 1 saturated heterocycles. The third-order valence-corrected chi connectivity index (χ3v) is 5.34. The van der Waals surface area contributed by atoms with Crippen molar-refractivity contribution >= 4 is 22.7 Å². The molecule has 2 fully saturated rings. The summed E-state index contributed by atoms with van der Waals surface area (Å²) in [5.41, 5.74) is 1.45. The number of fused-ring (bicyclic) bond motifs is 1. The van der Waals surface area contributed by atoms with E-state index in [9.17, 15) is 9.59 Å². The van der Waals surface area contributed by atoms with Crippen LogP contribution in [0.25, 0.3) is 10.9 Å². The molecule has 1 aromatic carbocycles. The molecule has 0 spiro atoms. The molecule has 2 heterocycles. The normalized spacial score (nSPS) is 22.2. The first-order valence-electron chi connectivity index (χ1n) is 8.91. The number of likely N-dealkylation sites (tertiary alicyclic amines) is 1. The molecule has 5 nitrogen and oxygen atoms in total. The topological polar surface area (TPSA) is 65.2 Å². The van der Waals surface area contributed by atoms with Gasteiger partial charge in [-0.1, -0.05) is 37.5 Å². The Morgan fingerprint density at radius 2 is 1.92 bits per heavy atom. The lowest BCUT2D eigenvalue weighted by Crippen LogP contribution is -2.45. The maximum atomic E-state index is 12.6. The molecule has 5 heteroatoms. The number of hydrogen-bond acceptors (Lipinski definition) is 2. The van der Waals surface area contributed by atoms with Crippen LogP contribution in [0.5, 0.6) is 0 Å². The number of carbonyl (C=O) groups is 2. The number of benzene rings is 1. The molecule has 1 aliphatic heterocycles. The largest absolute Gasteiger partial charge is 0.351 e. The van der Waals surface area contributed by atoms with Gasteiger partial charge in [-0.3, -0.25) is 9.59 Å². The number of aromatic nitrogens is 1. The molecule has 2 aromatic rings. The third-order valence-electron chi connectivity index (χ3n) is 5.34. The highest BCUT2D eigenvalue weighted by Crippen LogP contribution is 2.26. The summed E-state index contributed by atoms with van der Waals surface area (Å²) in [6.45, 7) is 0.765. The molecule has 2 N–H and O–H groups in total. The summed E-state index contributed by atoms with van der Waals surface area (Å²) < 4.78 is 0. The molecule has 2 aliphatic rings. The minimum Gasteiger partial charge on any atom is -0.351 e. The quantitative estimate of drug-likeness (QED) is 0.911. The predicted molar refractivity (Wildman–Crippen MR) is 92.8 cm³/mol. The van der Waals surface area contributed by atoms with Gasteiger partial charge in [-0.2, -0.15) is 0 Å². The highest BCUT2D eigenvalue weighted by molar-refractivity contribution is 6.00. The van der Waals surface area contributed by atoms with Crippen LogP contribution in [0, 0.1) is 0 Å². The fraction of sp³-hybridized carbons (Fsp3) is 0.474. The van der Waals surface area contributed by atoms with E-state index in [2.05, 4.69) is 10.3 Å². The van der Waals surface area contributed by atoms with Crippen LogP contribution in [0.2, 0.25) is 0 Å². The molecule has 1 saturated carbocycles. The Kier molecular flexibility index (Phi) is 4.00. The van der Waals surface area contributed by atoms with Gasteiger partial charge >= 0.3 is 0 Å². The average molecular weight is 325 g/mol. The first-order valence-corrected chi connectivity index (χ1v) is 8.91. The van der Waals surface area contributed by atoms with Gasteiger partial charge in [0.2, 0.25) is 5.91 Å². The van der Waals surface area contributed by atoms with Gasteiger partial charge in [-0.05, 0) is 31.4 Å². The lowest BCUT2D eigenvalue weighted by atomic mass is 9.94. The number of carbonyl (C=O) groups excluding carboxylic acids is 2. The first kappa shape index (κ1) is 15.2. The molecular formula is C19H23N3O2. The van der Waals surface area contributed by atoms with Crippen molar-refractivity contribution in [1.82, 2.24) is 15.2 Å². The Labute approximate surface area is 141 Å². The number of nitrogens with zero attached hydrogens (tertiary/aromatic N) is 1. The molecule has 126 valence electrons. The SMILES string of the molecule is O=C(N[C@H]1CCN(C2CCCCC2)C1=O)c1cc2ccccc2[nH]1. The summed E-state index contributed by atoms with van der Waals surface area (Å²) in [5.74, 6) is -0.110. The number of rotatable bonds is 3. The van der Waals surface area contributed by atoms with Crippen LogP contribution in [0.4, 0.5) is 0 Å². The summed E-state index contributed by atoms with van der Waals surface area (Å²) >= 11 is 0. The van der Waals surface area contributed by atoms with Crippen molar-refractivity contribution in [3.05, 3.63) is 36.0 Å². The smallest absolute Gasteiger partial charge is 0.268 e. The van der Waals surface area contributed by atoms with Gasteiger partial charge < -0.3 is 15.2 Å². The van der Waals surface area contributed by atoms with Crippen molar-refractivity contribution in [2.45, 2.75) is 50.6 Å². The average Bonchev–Trinajstić information content (AvgIpc) is 3.20. The van der Waals surface area contributed by atoms with Gasteiger partial charge in [0.1, 0.15) is 11.7 Å². The summed E-state index contributed by atoms with van der Waals surface area (Å²) in [7, 11) is 0. The molecule has 1 aromatic heterocycles. The van der Waals surface area contributed by atoms with E-state index in [4.69, 9.17) is 0 Å². The summed E-state index contributed by atoms with van der Waals surface area (Å²) in [5, 5.41) is 3.92. The van der Waals surface area contributed by atoms with E-state index in [-0.39, 0.29) is 17.9 Å². The van der Waals surface area contributed by atoms with E-state index in [1.54, 1.807) is 0 Å². The monoisotopic (exact) mass is 325 g/mol. The number of para-hydroxylation sites is 1. The number of H-pyrrole nitrogens is 1. The Morgan fingerprint density at radius 3 is 2.71 bits per heavy atom. The van der Waals surface area contributed by atoms with E-state index in [0.717, 1.165) is 30.3 Å². The Hall–Kier alpha value is -2.30. The lowest BCUT2D eigenvalue weighted by molar-refractivity contribution is -0.131. The second-order valence-corrected chi connectivity index (χ2v) is 6.91. The molecule has 24 heavy (non-hydrogen) atoms. The van der Waals surface area contributed by atoms with Gasteiger partial charge in [-0.15, -0.1) is 0 Å². The molecule has 0 radical (unpaired) electrons. The Morgan fingerprint density at radius 1 is 1.12 bits per heavy atom. The second-order valence-electron chi connectivity index (χ2n) is 6.91. The fourth-order valence-electron chi connectivity index (χ4n) is 4.02. The van der Waals surface area contributed by atoms with E-state index in [0.29, 0.717) is 18.2 Å². The van der Waals surface area contributed by atoms with Crippen LogP contribution in [0.3, 0.4) is 0 Å². The van der Waals surface area contributed by atoms with E-state index in [1.165, 1.54) is 19.3 Å². The zero-order valence-electron chi connectivity index (χ0n) is 13.8. The number of amides is 2. The van der Waals surface area contributed by atoms with Crippen LogP contribution in [-0.2, 0) is 4.79 Å². The van der Waals surface area contributed by atoms with Crippen molar-refractivity contribution in [2.24, 2.45) is 0 Å². The zero-order valence-corrected chi connectivity index (χ0v) is 13.8. The van der Waals surface area contributed by atoms with Crippen molar-refractivity contribution in [1.29, 1.82) is 0 Å². The summed E-state index contributed by atoms with van der Waals surface area (Å²) in [6, 6.07) is 9.62. The van der Waals surface area contributed by atoms with Crippen LogP contribution in [0.15, 0.2) is 30.3 Å². The Bertz CT molecular complexity index is 728. The van der Waals surface area contributed by atoms with E-state index >= 15 is 0 Å². The molecule has 4 rings (SSSR count). The van der Waals surface area contributed by atoms with Gasteiger partial charge in [0.15, 0.2) is 0 Å². The van der Waals surface area contributed by atoms with Crippen LogP contribution < -0.4 is 5.32 Å². The third kappa shape index (κ3) is 2.79. The lowest BCUT2D eigenvalue weighted by Gasteiger charge is -2.31. The van der Waals surface area contributed by atoms with Crippen LogP contribution in [0.1, 0.15) is 49.0 Å². The molecular weight excluding hydrogens is 302 g/mol. The minimum atomic E-state index is -0.383. The fourth-order valence-corrected chi connectivity index (χ4v) is 4.02. The van der Waals surface area contributed by atoms with Gasteiger partial charge in [0.25, 0.3) is 5.91 Å². The standard InChI is InChI=1S/C19H23N3O2/c23-18(17-12-13-6-4-5-9-15(13)20-17)21-16-10-11-22(19(16)24)14-7-2-1-3-8-14/h4-6,9,12,14,16,20H,1-3,7-8,10-11H2,(H,21,23)/t16-/m0/s1. The zero-order chi connectivity index (χ0) is 16.5. The number of hydrogen-bond donors (Lipinski definition) is 2.